The van der Waals surface area contributed by atoms with Gasteiger partial charge in [0.2, 0.25) is 5.52 Å². The molecule has 0 radical (unpaired) electrons. The Labute approximate surface area is 200 Å². The summed E-state index contributed by atoms with van der Waals surface area (Å²) in [5.74, 6) is 1.34. The van der Waals surface area contributed by atoms with Crippen molar-refractivity contribution in [3.63, 3.8) is 0 Å². The maximum Gasteiger partial charge on any atom is 0.323 e. The SMILES string of the molecule is C=C(C)CC(c1ccco1)N(c1ccc(OC)cc1)c1cc(NCCO)c([N+](=O)[O-])c2nonc12. The van der Waals surface area contributed by atoms with E-state index in [1.165, 1.54) is 0 Å². The van der Waals surface area contributed by atoms with Crippen molar-refractivity contribution in [3.05, 3.63) is 76.8 Å². The van der Waals surface area contributed by atoms with Crippen LogP contribution >= 0.6 is 0 Å². The van der Waals surface area contributed by atoms with Gasteiger partial charge in [0.15, 0.2) is 5.52 Å². The first-order valence-electron chi connectivity index (χ1n) is 10.8. The third kappa shape index (κ3) is 4.80. The first-order valence-corrected chi connectivity index (χ1v) is 10.8. The van der Waals surface area contributed by atoms with Gasteiger partial charge in [-0.05, 0) is 66.1 Å². The minimum atomic E-state index is -0.550. The van der Waals surface area contributed by atoms with E-state index < -0.39 is 4.92 Å². The summed E-state index contributed by atoms with van der Waals surface area (Å²) in [7, 11) is 1.58. The van der Waals surface area contributed by atoms with E-state index in [1.54, 1.807) is 25.5 Å². The molecule has 0 bridgehead atoms. The van der Waals surface area contributed by atoms with E-state index in [0.717, 1.165) is 11.3 Å². The van der Waals surface area contributed by atoms with Crippen LogP contribution in [0.5, 0.6) is 5.75 Å². The minimum Gasteiger partial charge on any atom is -0.497 e. The number of benzene rings is 2. The lowest BCUT2D eigenvalue weighted by molar-refractivity contribution is -0.382. The summed E-state index contributed by atoms with van der Waals surface area (Å²) in [5, 5.41) is 32.0. The molecule has 4 aromatic rings. The predicted octanol–water partition coefficient (Wildman–Crippen LogP) is 4.98. The van der Waals surface area contributed by atoms with E-state index in [-0.39, 0.29) is 41.6 Å². The smallest absolute Gasteiger partial charge is 0.323 e. The summed E-state index contributed by atoms with van der Waals surface area (Å²) in [6.07, 6.45) is 2.10. The fourth-order valence-electron chi connectivity index (χ4n) is 3.97. The topological polar surface area (TPSA) is 140 Å². The van der Waals surface area contributed by atoms with Crippen LogP contribution in [0.1, 0.15) is 25.1 Å². The zero-order valence-electron chi connectivity index (χ0n) is 19.3. The number of aliphatic hydroxyl groups is 1. The molecular formula is C24H25N5O6. The van der Waals surface area contributed by atoms with Gasteiger partial charge in [0.05, 0.1) is 36.6 Å². The summed E-state index contributed by atoms with van der Waals surface area (Å²) >= 11 is 0. The molecule has 4 rings (SSSR count). The largest absolute Gasteiger partial charge is 0.497 e. The standard InChI is InChI=1S/C24H25N5O6/c1-15(2)13-19(21-5-4-12-34-21)28(16-6-8-17(33-3)9-7-16)20-14-18(25-10-11-30)24(29(31)32)23-22(20)26-35-27-23/h4-9,12,14,19,25,30H,1,10-11,13H2,2-3H3. The average molecular weight is 479 g/mol. The number of nitrogens with one attached hydrogen (secondary N) is 1. The van der Waals surface area contributed by atoms with Crippen molar-refractivity contribution in [1.82, 2.24) is 10.3 Å². The molecule has 35 heavy (non-hydrogen) atoms. The van der Waals surface area contributed by atoms with Crippen molar-refractivity contribution in [3.8, 4) is 5.75 Å². The second-order valence-electron chi connectivity index (χ2n) is 7.92. The molecule has 2 aromatic heterocycles. The Morgan fingerprint density at radius 3 is 2.63 bits per heavy atom. The second-order valence-corrected chi connectivity index (χ2v) is 7.92. The number of aromatic nitrogens is 2. The number of ether oxygens (including phenoxy) is 1. The van der Waals surface area contributed by atoms with Gasteiger partial charge in [0.25, 0.3) is 0 Å². The first kappa shape index (κ1) is 23.8. The Hall–Kier alpha value is -4.38. The van der Waals surface area contributed by atoms with Gasteiger partial charge in [-0.2, -0.15) is 0 Å². The van der Waals surface area contributed by atoms with Crippen LogP contribution in [-0.2, 0) is 0 Å². The summed E-state index contributed by atoms with van der Waals surface area (Å²) in [5.41, 5.74) is 2.23. The fourth-order valence-corrected chi connectivity index (χ4v) is 3.97. The quantitative estimate of drug-likeness (QED) is 0.172. The molecule has 2 N–H and O–H groups in total. The van der Waals surface area contributed by atoms with Gasteiger partial charge < -0.3 is 24.5 Å². The van der Waals surface area contributed by atoms with E-state index >= 15 is 0 Å². The second kappa shape index (κ2) is 10.3. The molecule has 0 amide bonds. The van der Waals surface area contributed by atoms with Crippen molar-refractivity contribution < 1.29 is 23.8 Å². The number of aliphatic hydroxyl groups excluding tert-OH is 1. The molecule has 2 heterocycles. The number of hydrogen-bond donors (Lipinski definition) is 2. The lowest BCUT2D eigenvalue weighted by Crippen LogP contribution is -2.24. The third-order valence-corrected chi connectivity index (χ3v) is 5.44. The Morgan fingerprint density at radius 2 is 2.03 bits per heavy atom. The van der Waals surface area contributed by atoms with Gasteiger partial charge in [-0.3, -0.25) is 10.1 Å². The summed E-state index contributed by atoms with van der Waals surface area (Å²) in [4.78, 5) is 13.3. The normalized spacial score (nSPS) is 11.9. The number of rotatable bonds is 11. The third-order valence-electron chi connectivity index (χ3n) is 5.44. The summed E-state index contributed by atoms with van der Waals surface area (Å²) in [6, 6.07) is 12.3. The number of nitro groups is 1. The zero-order chi connectivity index (χ0) is 24.9. The number of methoxy groups -OCH3 is 1. The van der Waals surface area contributed by atoms with Gasteiger partial charge in [-0.25, -0.2) is 4.63 Å². The van der Waals surface area contributed by atoms with Crippen molar-refractivity contribution >= 4 is 33.8 Å². The van der Waals surface area contributed by atoms with Crippen LogP contribution in [0.4, 0.5) is 22.7 Å². The van der Waals surface area contributed by atoms with Crippen LogP contribution in [0, 0.1) is 10.1 Å². The molecule has 0 aliphatic rings. The Morgan fingerprint density at radius 1 is 1.29 bits per heavy atom. The van der Waals surface area contributed by atoms with Crippen LogP contribution in [0.3, 0.4) is 0 Å². The molecule has 1 unspecified atom stereocenters. The van der Waals surface area contributed by atoms with Crippen molar-refractivity contribution in [2.24, 2.45) is 0 Å². The highest BCUT2D eigenvalue weighted by Gasteiger charge is 2.32. The summed E-state index contributed by atoms with van der Waals surface area (Å²) in [6.45, 7) is 5.89. The predicted molar refractivity (Wildman–Crippen MR) is 130 cm³/mol. The molecule has 0 aliphatic heterocycles. The maximum atomic E-state index is 11.9. The van der Waals surface area contributed by atoms with Crippen LogP contribution in [0.2, 0.25) is 0 Å². The molecule has 2 aromatic carbocycles. The highest BCUT2D eigenvalue weighted by Crippen LogP contribution is 2.45. The van der Waals surface area contributed by atoms with E-state index in [4.69, 9.17) is 13.8 Å². The van der Waals surface area contributed by atoms with Crippen molar-refractivity contribution in [2.75, 3.05) is 30.5 Å². The van der Waals surface area contributed by atoms with Gasteiger partial charge in [-0.15, -0.1) is 6.58 Å². The Balaban J connectivity index is 2.00. The van der Waals surface area contributed by atoms with Crippen molar-refractivity contribution in [1.29, 1.82) is 0 Å². The average Bonchev–Trinajstić information content (AvgIpc) is 3.54. The van der Waals surface area contributed by atoms with Gasteiger partial charge in [0, 0.05) is 12.2 Å². The Bertz CT molecular complexity index is 1320. The van der Waals surface area contributed by atoms with Crippen LogP contribution in [0.25, 0.3) is 11.0 Å². The molecule has 0 fully saturated rings. The highest BCUT2D eigenvalue weighted by molar-refractivity contribution is 6.01. The Kier molecular flexibility index (Phi) is 6.97. The highest BCUT2D eigenvalue weighted by atomic mass is 16.6. The van der Waals surface area contributed by atoms with E-state index in [9.17, 15) is 15.2 Å². The summed E-state index contributed by atoms with van der Waals surface area (Å²) < 4.78 is 16.1. The van der Waals surface area contributed by atoms with E-state index in [2.05, 4.69) is 22.2 Å². The molecule has 0 spiro atoms. The number of anilines is 3. The lowest BCUT2D eigenvalue weighted by atomic mass is 10.0. The van der Waals surface area contributed by atoms with Gasteiger partial charge in [0.1, 0.15) is 17.2 Å². The molecule has 0 saturated carbocycles. The maximum absolute atomic E-state index is 11.9. The van der Waals surface area contributed by atoms with Gasteiger partial charge in [-0.1, -0.05) is 5.57 Å². The van der Waals surface area contributed by atoms with Crippen LogP contribution in [0.15, 0.2) is 69.9 Å². The zero-order valence-corrected chi connectivity index (χ0v) is 19.3. The fraction of sp³-hybridized carbons (Fsp3) is 0.250. The first-order chi connectivity index (χ1) is 16.9. The number of fused-ring (bicyclic) bond motifs is 1. The molecule has 1 atom stereocenters. The van der Waals surface area contributed by atoms with Crippen molar-refractivity contribution in [2.45, 2.75) is 19.4 Å². The number of furan rings is 1. The molecular weight excluding hydrogens is 454 g/mol. The molecule has 182 valence electrons. The lowest BCUT2D eigenvalue weighted by Gasteiger charge is -2.33. The number of hydrogen-bond acceptors (Lipinski definition) is 10. The number of nitro benzene ring substituents is 1. The molecule has 0 saturated heterocycles. The van der Waals surface area contributed by atoms with E-state index in [0.29, 0.717) is 23.6 Å². The minimum absolute atomic E-state index is 0.0139. The molecule has 11 heteroatoms. The van der Waals surface area contributed by atoms with E-state index in [1.807, 2.05) is 42.2 Å². The molecule has 11 nitrogen and oxygen atoms in total. The van der Waals surface area contributed by atoms with Crippen LogP contribution in [-0.4, -0.2) is 40.6 Å². The molecule has 0 aliphatic carbocycles. The number of nitrogens with zero attached hydrogens (tertiary/aromatic N) is 4. The van der Waals surface area contributed by atoms with Gasteiger partial charge >= 0.3 is 5.69 Å². The monoisotopic (exact) mass is 479 g/mol. The van der Waals surface area contributed by atoms with Crippen LogP contribution < -0.4 is 15.0 Å².